The monoisotopic (exact) mass is 735 g/mol. The number of aliphatic hydroxyl groups excluding tert-OH is 2. The van der Waals surface area contributed by atoms with E-state index in [0.29, 0.717) is 12.8 Å². The molecule has 10 nitrogen and oxygen atoms in total. The fourth-order valence-electron chi connectivity index (χ4n) is 5.52. The highest BCUT2D eigenvalue weighted by Gasteiger charge is 2.27. The summed E-state index contributed by atoms with van der Waals surface area (Å²) in [6, 6.07) is 0. The van der Waals surface area contributed by atoms with Gasteiger partial charge in [0.2, 0.25) is 0 Å². The lowest BCUT2D eigenvalue weighted by Crippen LogP contribution is -2.29. The van der Waals surface area contributed by atoms with Crippen LogP contribution in [-0.2, 0) is 32.7 Å². The average molecular weight is 735 g/mol. The molecule has 0 amide bonds. The second-order valence-corrected chi connectivity index (χ2v) is 15.1. The van der Waals surface area contributed by atoms with Gasteiger partial charge in [0.1, 0.15) is 12.7 Å². The van der Waals surface area contributed by atoms with Gasteiger partial charge < -0.3 is 24.6 Å². The minimum atomic E-state index is -4.61. The molecule has 3 atom stereocenters. The first-order chi connectivity index (χ1) is 24.2. The number of unbranched alkanes of at least 4 members (excludes halogenated alkanes) is 22. The Morgan fingerprint density at radius 1 is 0.580 bits per heavy atom. The maximum Gasteiger partial charge on any atom is 0.472 e. The molecule has 0 aliphatic rings. The van der Waals surface area contributed by atoms with Crippen LogP contribution in [0.1, 0.15) is 187 Å². The van der Waals surface area contributed by atoms with E-state index in [1.807, 2.05) is 0 Å². The summed E-state index contributed by atoms with van der Waals surface area (Å²) in [4.78, 5) is 34.8. The van der Waals surface area contributed by atoms with Crippen molar-refractivity contribution in [3.63, 3.8) is 0 Å². The number of phosphoric ester groups is 1. The number of esters is 2. The Labute approximate surface area is 305 Å². The van der Waals surface area contributed by atoms with Gasteiger partial charge >= 0.3 is 19.8 Å². The van der Waals surface area contributed by atoms with Crippen LogP contribution >= 0.6 is 7.82 Å². The van der Waals surface area contributed by atoms with Gasteiger partial charge in [-0.3, -0.25) is 18.6 Å². The van der Waals surface area contributed by atoms with Gasteiger partial charge in [-0.25, -0.2) is 4.57 Å². The van der Waals surface area contributed by atoms with Crippen LogP contribution in [0.4, 0.5) is 0 Å². The second-order valence-electron chi connectivity index (χ2n) is 13.7. The van der Waals surface area contributed by atoms with Crippen LogP contribution in [0, 0.1) is 0 Å². The molecule has 0 aromatic rings. The third-order valence-electron chi connectivity index (χ3n) is 8.67. The summed E-state index contributed by atoms with van der Waals surface area (Å²) >= 11 is 0. The number of hydrogen-bond acceptors (Lipinski definition) is 9. The van der Waals surface area contributed by atoms with E-state index in [1.54, 1.807) is 0 Å². The van der Waals surface area contributed by atoms with Gasteiger partial charge in [0.15, 0.2) is 6.10 Å². The number of aliphatic hydroxyl groups is 2. The molecule has 0 saturated carbocycles. The SMILES string of the molecule is CCCCCCCCC/C=C\CCCCCCCC(=O)OC(COC(=O)CCCCCCCCCCCCC)COP(=O)(O)OCC(O)CO. The summed E-state index contributed by atoms with van der Waals surface area (Å²) < 4.78 is 32.6. The van der Waals surface area contributed by atoms with Gasteiger partial charge in [0.05, 0.1) is 19.8 Å². The molecule has 0 aromatic carbocycles. The highest BCUT2D eigenvalue weighted by Crippen LogP contribution is 2.43. The van der Waals surface area contributed by atoms with Crippen molar-refractivity contribution in [2.24, 2.45) is 0 Å². The Morgan fingerprint density at radius 3 is 1.44 bits per heavy atom. The number of carbonyl (C=O) groups excluding carboxylic acids is 2. The third kappa shape index (κ3) is 35.1. The zero-order chi connectivity index (χ0) is 37.0. The minimum absolute atomic E-state index is 0.178. The Hall–Kier alpha value is -1.29. The largest absolute Gasteiger partial charge is 0.472 e. The molecular formula is C39H75O10P. The van der Waals surface area contributed by atoms with Crippen LogP contribution in [0.3, 0.4) is 0 Å². The zero-order valence-electron chi connectivity index (χ0n) is 31.9. The Bertz CT molecular complexity index is 853. The lowest BCUT2D eigenvalue weighted by molar-refractivity contribution is -0.161. The summed E-state index contributed by atoms with van der Waals surface area (Å²) in [6.45, 7) is 2.36. The van der Waals surface area contributed by atoms with Crippen molar-refractivity contribution in [2.75, 3.05) is 26.4 Å². The minimum Gasteiger partial charge on any atom is -0.462 e. The van der Waals surface area contributed by atoms with Crippen molar-refractivity contribution in [3.05, 3.63) is 12.2 Å². The molecule has 0 aliphatic heterocycles. The van der Waals surface area contributed by atoms with Crippen molar-refractivity contribution in [1.82, 2.24) is 0 Å². The first-order valence-electron chi connectivity index (χ1n) is 20.1. The normalized spacial score (nSPS) is 14.1. The molecule has 0 aliphatic carbocycles. The molecule has 296 valence electrons. The molecule has 11 heteroatoms. The van der Waals surface area contributed by atoms with Crippen LogP contribution in [-0.4, -0.2) is 65.7 Å². The van der Waals surface area contributed by atoms with E-state index in [1.165, 1.54) is 89.9 Å². The average Bonchev–Trinajstić information content (AvgIpc) is 3.10. The maximum atomic E-state index is 12.6. The fourth-order valence-corrected chi connectivity index (χ4v) is 6.31. The summed E-state index contributed by atoms with van der Waals surface area (Å²) in [5.41, 5.74) is 0. The number of carbonyl (C=O) groups is 2. The quantitative estimate of drug-likeness (QED) is 0.0242. The van der Waals surface area contributed by atoms with E-state index in [2.05, 4.69) is 30.5 Å². The Morgan fingerprint density at radius 2 is 0.980 bits per heavy atom. The van der Waals surface area contributed by atoms with Crippen molar-refractivity contribution in [3.8, 4) is 0 Å². The first-order valence-corrected chi connectivity index (χ1v) is 21.6. The Kier molecular flexibility index (Phi) is 35.2. The van der Waals surface area contributed by atoms with E-state index in [-0.39, 0.29) is 19.4 Å². The molecule has 0 bridgehead atoms. The summed E-state index contributed by atoms with van der Waals surface area (Å²) in [6.07, 6.45) is 31.8. The smallest absolute Gasteiger partial charge is 0.462 e. The summed E-state index contributed by atoms with van der Waals surface area (Å²) in [7, 11) is -4.61. The molecule has 0 rings (SSSR count). The van der Waals surface area contributed by atoms with E-state index in [0.717, 1.165) is 57.8 Å². The number of hydrogen-bond donors (Lipinski definition) is 3. The number of ether oxygens (including phenoxy) is 2. The third-order valence-corrected chi connectivity index (χ3v) is 9.62. The van der Waals surface area contributed by atoms with Crippen LogP contribution in [0.25, 0.3) is 0 Å². The van der Waals surface area contributed by atoms with Gasteiger partial charge in [-0.2, -0.15) is 0 Å². The van der Waals surface area contributed by atoms with Crippen molar-refractivity contribution in [2.45, 2.75) is 199 Å². The summed E-state index contributed by atoms with van der Waals surface area (Å²) in [5, 5.41) is 18.3. The van der Waals surface area contributed by atoms with Crippen LogP contribution in [0.15, 0.2) is 12.2 Å². The van der Waals surface area contributed by atoms with Crippen molar-refractivity contribution < 1.29 is 47.8 Å². The van der Waals surface area contributed by atoms with Gasteiger partial charge in [0, 0.05) is 12.8 Å². The van der Waals surface area contributed by atoms with Crippen LogP contribution < -0.4 is 0 Å². The molecule has 3 unspecified atom stereocenters. The highest BCUT2D eigenvalue weighted by atomic mass is 31.2. The lowest BCUT2D eigenvalue weighted by atomic mass is 10.1. The Balaban J connectivity index is 4.33. The van der Waals surface area contributed by atoms with Gasteiger partial charge in [-0.05, 0) is 38.5 Å². The number of allylic oxidation sites excluding steroid dienone is 2. The maximum absolute atomic E-state index is 12.6. The van der Waals surface area contributed by atoms with Crippen LogP contribution in [0.2, 0.25) is 0 Å². The molecule has 0 fully saturated rings. The van der Waals surface area contributed by atoms with Gasteiger partial charge in [0.25, 0.3) is 0 Å². The topological polar surface area (TPSA) is 149 Å². The molecular weight excluding hydrogens is 659 g/mol. The highest BCUT2D eigenvalue weighted by molar-refractivity contribution is 7.47. The van der Waals surface area contributed by atoms with E-state index in [9.17, 15) is 24.2 Å². The van der Waals surface area contributed by atoms with E-state index < -0.39 is 51.8 Å². The molecule has 0 saturated heterocycles. The van der Waals surface area contributed by atoms with E-state index in [4.69, 9.17) is 19.1 Å². The predicted octanol–water partition coefficient (Wildman–Crippen LogP) is 10.1. The molecule has 0 aromatic heterocycles. The van der Waals surface area contributed by atoms with Gasteiger partial charge in [-0.1, -0.05) is 148 Å². The molecule has 3 N–H and O–H groups in total. The zero-order valence-corrected chi connectivity index (χ0v) is 32.8. The summed E-state index contributed by atoms with van der Waals surface area (Å²) in [5.74, 6) is -0.929. The van der Waals surface area contributed by atoms with Crippen molar-refractivity contribution in [1.29, 1.82) is 0 Å². The lowest BCUT2D eigenvalue weighted by Gasteiger charge is -2.20. The fraction of sp³-hybridized carbons (Fsp3) is 0.897. The van der Waals surface area contributed by atoms with Gasteiger partial charge in [-0.15, -0.1) is 0 Å². The standard InChI is InChI=1S/C39H75O10P/c1-3-5-7-9-11-13-15-16-17-18-19-21-23-25-27-29-31-39(43)49-37(35-48-50(44,45)47-33-36(41)32-40)34-46-38(42)30-28-26-24-22-20-14-12-10-8-6-4-2/h17-18,36-37,40-41H,3-16,19-35H2,1-2H3,(H,44,45)/b18-17-. The van der Waals surface area contributed by atoms with E-state index >= 15 is 0 Å². The second kappa shape index (κ2) is 36.1. The molecule has 0 radical (unpaired) electrons. The predicted molar refractivity (Wildman–Crippen MR) is 201 cm³/mol. The molecule has 0 heterocycles. The number of phosphoric acid groups is 1. The molecule has 50 heavy (non-hydrogen) atoms. The van der Waals surface area contributed by atoms with Crippen LogP contribution in [0.5, 0.6) is 0 Å². The number of rotatable bonds is 38. The first kappa shape index (κ1) is 48.7. The molecule has 0 spiro atoms. The van der Waals surface area contributed by atoms with Crippen molar-refractivity contribution >= 4 is 19.8 Å².